The molecule has 5 heteroatoms. The van der Waals surface area contributed by atoms with Gasteiger partial charge in [0.2, 0.25) is 0 Å². The molecular formula is C8H13N3S2. The fourth-order valence-corrected chi connectivity index (χ4v) is 1.86. The van der Waals surface area contributed by atoms with Crippen molar-refractivity contribution in [1.82, 2.24) is 14.9 Å². The molecule has 1 aromatic rings. The van der Waals surface area contributed by atoms with Crippen molar-refractivity contribution in [2.45, 2.75) is 6.54 Å². The van der Waals surface area contributed by atoms with Crippen LogP contribution in [0.25, 0.3) is 0 Å². The van der Waals surface area contributed by atoms with Crippen LogP contribution in [0.4, 0.5) is 0 Å². The van der Waals surface area contributed by atoms with Gasteiger partial charge in [-0.1, -0.05) is 10.6 Å². The average Bonchev–Trinajstić information content (AvgIpc) is 2.63. The summed E-state index contributed by atoms with van der Waals surface area (Å²) in [4.78, 5) is 0. The molecule has 0 saturated carbocycles. The number of nitrogens with zero attached hydrogens (tertiary/aromatic N) is 2. The summed E-state index contributed by atoms with van der Waals surface area (Å²) in [6.45, 7) is 5.50. The van der Waals surface area contributed by atoms with Crippen LogP contribution in [0.1, 0.15) is 5.69 Å². The van der Waals surface area contributed by atoms with Crippen molar-refractivity contribution >= 4 is 23.3 Å². The van der Waals surface area contributed by atoms with Crippen molar-refractivity contribution in [2.75, 3.05) is 18.1 Å². The highest BCUT2D eigenvalue weighted by atomic mass is 32.2. The highest BCUT2D eigenvalue weighted by Gasteiger charge is 1.94. The van der Waals surface area contributed by atoms with Crippen LogP contribution >= 0.6 is 23.3 Å². The monoisotopic (exact) mass is 215 g/mol. The first kappa shape index (κ1) is 10.7. The third-order valence-corrected chi connectivity index (χ3v) is 2.89. The smallest absolute Gasteiger partial charge is 0.0893 e. The van der Waals surface area contributed by atoms with E-state index in [2.05, 4.69) is 21.5 Å². The minimum atomic E-state index is 0.825. The molecule has 0 aromatic carbocycles. The van der Waals surface area contributed by atoms with E-state index in [9.17, 15) is 0 Å². The lowest BCUT2D eigenvalue weighted by atomic mass is 10.5. The van der Waals surface area contributed by atoms with Gasteiger partial charge in [-0.3, -0.25) is 0 Å². The molecule has 72 valence electrons. The van der Waals surface area contributed by atoms with Crippen molar-refractivity contribution in [3.8, 4) is 0 Å². The number of aromatic nitrogens is 2. The van der Waals surface area contributed by atoms with Gasteiger partial charge in [-0.05, 0) is 11.5 Å². The van der Waals surface area contributed by atoms with Crippen molar-refractivity contribution in [3.05, 3.63) is 23.7 Å². The van der Waals surface area contributed by atoms with E-state index in [1.807, 2.05) is 23.2 Å². The minimum absolute atomic E-state index is 0.825. The van der Waals surface area contributed by atoms with Crippen LogP contribution in [0, 0.1) is 0 Å². The molecule has 0 aliphatic heterocycles. The van der Waals surface area contributed by atoms with Gasteiger partial charge < -0.3 is 5.32 Å². The zero-order valence-electron chi connectivity index (χ0n) is 7.40. The molecule has 0 saturated heterocycles. The first-order valence-electron chi connectivity index (χ1n) is 4.09. The summed E-state index contributed by atoms with van der Waals surface area (Å²) in [5.41, 5.74) is 1.03. The fraction of sp³-hybridized carbons (Fsp3) is 0.500. The minimum Gasteiger partial charge on any atom is -0.310 e. The second kappa shape index (κ2) is 7.06. The predicted octanol–water partition coefficient (Wildman–Crippen LogP) is 1.55. The normalized spacial score (nSPS) is 10.2. The summed E-state index contributed by atoms with van der Waals surface area (Å²) in [5.74, 6) is 2.14. The molecule has 3 nitrogen and oxygen atoms in total. The lowest BCUT2D eigenvalue weighted by Gasteiger charge is -2.00. The van der Waals surface area contributed by atoms with Crippen LogP contribution in [0.3, 0.4) is 0 Å². The molecule has 1 aromatic heterocycles. The van der Waals surface area contributed by atoms with Crippen LogP contribution in [-0.4, -0.2) is 27.6 Å². The quantitative estimate of drug-likeness (QED) is 0.553. The number of rotatable bonds is 7. The fourth-order valence-electron chi connectivity index (χ4n) is 0.788. The highest BCUT2D eigenvalue weighted by Crippen LogP contribution is 1.98. The van der Waals surface area contributed by atoms with E-state index in [0.717, 1.165) is 30.3 Å². The number of hydrogen-bond donors (Lipinski definition) is 1. The van der Waals surface area contributed by atoms with Crippen molar-refractivity contribution in [2.24, 2.45) is 0 Å². The van der Waals surface area contributed by atoms with E-state index in [1.165, 1.54) is 11.5 Å². The van der Waals surface area contributed by atoms with Gasteiger partial charge in [0, 0.05) is 30.0 Å². The van der Waals surface area contributed by atoms with Crippen molar-refractivity contribution in [3.63, 3.8) is 0 Å². The topological polar surface area (TPSA) is 37.8 Å². The standard InChI is InChI=1S/C8H13N3S2/c1-2-4-12-5-3-9-6-8-7-13-11-10-8/h2,7,9H,1,3-6H2. The van der Waals surface area contributed by atoms with Gasteiger partial charge in [-0.2, -0.15) is 11.8 Å². The van der Waals surface area contributed by atoms with E-state index in [-0.39, 0.29) is 0 Å². The van der Waals surface area contributed by atoms with E-state index in [0.29, 0.717) is 0 Å². The summed E-state index contributed by atoms with van der Waals surface area (Å²) < 4.78 is 3.78. The van der Waals surface area contributed by atoms with Gasteiger partial charge in [0.1, 0.15) is 0 Å². The van der Waals surface area contributed by atoms with Gasteiger partial charge in [0.15, 0.2) is 0 Å². The molecule has 0 aliphatic rings. The highest BCUT2D eigenvalue weighted by molar-refractivity contribution is 7.99. The lowest BCUT2D eigenvalue weighted by Crippen LogP contribution is -2.16. The van der Waals surface area contributed by atoms with Crippen molar-refractivity contribution < 1.29 is 0 Å². The summed E-state index contributed by atoms with van der Waals surface area (Å²) in [7, 11) is 0. The Morgan fingerprint density at radius 2 is 2.62 bits per heavy atom. The summed E-state index contributed by atoms with van der Waals surface area (Å²) in [6.07, 6.45) is 1.93. The molecule has 0 atom stereocenters. The number of hydrogen-bond acceptors (Lipinski definition) is 5. The maximum atomic E-state index is 3.93. The molecule has 0 unspecified atom stereocenters. The van der Waals surface area contributed by atoms with Gasteiger partial charge in [0.25, 0.3) is 0 Å². The predicted molar refractivity (Wildman–Crippen MR) is 59.1 cm³/mol. The number of nitrogens with one attached hydrogen (secondary N) is 1. The Bertz CT molecular complexity index is 223. The molecule has 0 aliphatic carbocycles. The molecule has 1 N–H and O–H groups in total. The van der Waals surface area contributed by atoms with Crippen LogP contribution in [0.2, 0.25) is 0 Å². The Labute approximate surface area is 86.8 Å². The molecule has 0 spiro atoms. The van der Waals surface area contributed by atoms with Crippen molar-refractivity contribution in [1.29, 1.82) is 0 Å². The van der Waals surface area contributed by atoms with Crippen LogP contribution in [-0.2, 0) is 6.54 Å². The third kappa shape index (κ3) is 5.02. The Morgan fingerprint density at radius 1 is 1.69 bits per heavy atom. The summed E-state index contributed by atoms with van der Waals surface area (Å²) in [6, 6.07) is 0. The van der Waals surface area contributed by atoms with E-state index in [4.69, 9.17) is 0 Å². The maximum absolute atomic E-state index is 3.93. The van der Waals surface area contributed by atoms with Crippen LogP contribution < -0.4 is 5.32 Å². The third-order valence-electron chi connectivity index (χ3n) is 1.37. The Balaban J connectivity index is 1.93. The van der Waals surface area contributed by atoms with Crippen LogP contribution in [0.5, 0.6) is 0 Å². The number of thioether (sulfide) groups is 1. The van der Waals surface area contributed by atoms with Gasteiger partial charge in [0.05, 0.1) is 5.69 Å². The summed E-state index contributed by atoms with van der Waals surface area (Å²) in [5, 5.41) is 9.19. The zero-order chi connectivity index (χ0) is 9.36. The van der Waals surface area contributed by atoms with Crippen LogP contribution in [0.15, 0.2) is 18.0 Å². The molecule has 13 heavy (non-hydrogen) atoms. The molecular weight excluding hydrogens is 202 g/mol. The Kier molecular flexibility index (Phi) is 5.80. The first-order chi connectivity index (χ1) is 6.43. The molecule has 1 rings (SSSR count). The molecule has 0 amide bonds. The first-order valence-corrected chi connectivity index (χ1v) is 6.08. The van der Waals surface area contributed by atoms with Gasteiger partial charge >= 0.3 is 0 Å². The Morgan fingerprint density at radius 3 is 3.31 bits per heavy atom. The average molecular weight is 215 g/mol. The SMILES string of the molecule is C=CCSCCNCc1csnn1. The largest absolute Gasteiger partial charge is 0.310 e. The molecule has 0 radical (unpaired) electrons. The summed E-state index contributed by atoms with van der Waals surface area (Å²) >= 11 is 3.27. The van der Waals surface area contributed by atoms with E-state index in [1.54, 1.807) is 0 Å². The zero-order valence-corrected chi connectivity index (χ0v) is 9.03. The van der Waals surface area contributed by atoms with Gasteiger partial charge in [-0.25, -0.2) is 0 Å². The maximum Gasteiger partial charge on any atom is 0.0893 e. The lowest BCUT2D eigenvalue weighted by molar-refractivity contribution is 0.712. The Hall–Kier alpha value is -0.390. The van der Waals surface area contributed by atoms with Gasteiger partial charge in [-0.15, -0.1) is 11.7 Å². The second-order valence-corrected chi connectivity index (χ2v) is 4.20. The molecule has 0 fully saturated rings. The second-order valence-electron chi connectivity index (χ2n) is 2.44. The van der Waals surface area contributed by atoms with E-state index >= 15 is 0 Å². The van der Waals surface area contributed by atoms with E-state index < -0.39 is 0 Å². The molecule has 0 bridgehead atoms. The molecule has 1 heterocycles.